The van der Waals surface area contributed by atoms with E-state index in [0.29, 0.717) is 5.82 Å². The van der Waals surface area contributed by atoms with Gasteiger partial charge in [0.05, 0.1) is 5.52 Å². The highest BCUT2D eigenvalue weighted by molar-refractivity contribution is 5.84. The highest BCUT2D eigenvalue weighted by Gasteiger charge is 2.04. The Kier molecular flexibility index (Phi) is 2.45. The number of nitrogens with two attached hydrogens (primary N) is 1. The van der Waals surface area contributed by atoms with Crippen LogP contribution in [0.15, 0.2) is 48.8 Å². The highest BCUT2D eigenvalue weighted by atomic mass is 14.8. The van der Waals surface area contributed by atoms with Gasteiger partial charge in [-0.25, -0.2) is 4.98 Å². The number of hydrogen-bond donors (Lipinski definition) is 1. The summed E-state index contributed by atoms with van der Waals surface area (Å²) in [5.41, 5.74) is 10.00. The van der Waals surface area contributed by atoms with Crippen LogP contribution >= 0.6 is 0 Å². The van der Waals surface area contributed by atoms with Crippen molar-refractivity contribution in [2.24, 2.45) is 0 Å². The van der Waals surface area contributed by atoms with Crippen LogP contribution in [-0.2, 0) is 0 Å². The molecule has 88 valence electrons. The van der Waals surface area contributed by atoms with Crippen LogP contribution in [0.3, 0.4) is 0 Å². The lowest BCUT2D eigenvalue weighted by atomic mass is 10.0. The fraction of sp³-hybridized carbons (Fsp3) is 0.0667. The Hall–Kier alpha value is -2.42. The lowest BCUT2D eigenvalue weighted by Crippen LogP contribution is -1.92. The number of rotatable bonds is 1. The first kappa shape index (κ1) is 10.7. The molecule has 0 amide bonds. The second kappa shape index (κ2) is 4.11. The molecule has 0 aliphatic rings. The van der Waals surface area contributed by atoms with E-state index in [1.807, 2.05) is 25.3 Å². The number of aryl methyl sites for hydroxylation is 1. The molecule has 1 aromatic carbocycles. The molecule has 0 atom stereocenters. The molecule has 0 radical (unpaired) electrons. The van der Waals surface area contributed by atoms with E-state index in [1.165, 1.54) is 0 Å². The van der Waals surface area contributed by atoms with Crippen molar-refractivity contribution in [1.82, 2.24) is 9.97 Å². The molecule has 2 aromatic heterocycles. The molecular formula is C15H13N3. The zero-order valence-electron chi connectivity index (χ0n) is 10.1. The number of nitrogen functional groups attached to an aromatic ring is 1. The Balaban J connectivity index is 2.19. The van der Waals surface area contributed by atoms with Crippen LogP contribution in [0.5, 0.6) is 0 Å². The maximum Gasteiger partial charge on any atom is 0.123 e. The van der Waals surface area contributed by atoms with Crippen LogP contribution < -0.4 is 5.73 Å². The van der Waals surface area contributed by atoms with Crippen LogP contribution in [0.2, 0.25) is 0 Å². The summed E-state index contributed by atoms with van der Waals surface area (Å²) < 4.78 is 0. The van der Waals surface area contributed by atoms with Gasteiger partial charge in [0.1, 0.15) is 5.82 Å². The summed E-state index contributed by atoms with van der Waals surface area (Å²) >= 11 is 0. The molecule has 3 aromatic rings. The Morgan fingerprint density at radius 2 is 1.94 bits per heavy atom. The van der Waals surface area contributed by atoms with Crippen molar-refractivity contribution in [2.75, 3.05) is 5.73 Å². The van der Waals surface area contributed by atoms with Gasteiger partial charge in [0.2, 0.25) is 0 Å². The van der Waals surface area contributed by atoms with Crippen LogP contribution in [0.25, 0.3) is 22.0 Å². The van der Waals surface area contributed by atoms with Crippen molar-refractivity contribution < 1.29 is 0 Å². The molecule has 18 heavy (non-hydrogen) atoms. The van der Waals surface area contributed by atoms with Crippen LogP contribution in [0, 0.1) is 6.92 Å². The van der Waals surface area contributed by atoms with Gasteiger partial charge in [0.15, 0.2) is 0 Å². The van der Waals surface area contributed by atoms with Gasteiger partial charge in [0.25, 0.3) is 0 Å². The Labute approximate surface area is 105 Å². The second-order valence-electron chi connectivity index (χ2n) is 4.33. The maximum absolute atomic E-state index is 5.67. The quantitative estimate of drug-likeness (QED) is 0.704. The van der Waals surface area contributed by atoms with Crippen LogP contribution in [-0.4, -0.2) is 9.97 Å². The fourth-order valence-electron chi connectivity index (χ4n) is 2.11. The van der Waals surface area contributed by atoms with Gasteiger partial charge < -0.3 is 5.73 Å². The van der Waals surface area contributed by atoms with Crippen molar-refractivity contribution >= 4 is 16.7 Å². The van der Waals surface area contributed by atoms with Gasteiger partial charge in [0, 0.05) is 23.3 Å². The van der Waals surface area contributed by atoms with Crippen LogP contribution in [0.4, 0.5) is 5.82 Å². The van der Waals surface area contributed by atoms with Gasteiger partial charge in [-0.3, -0.25) is 4.98 Å². The standard InChI is InChI=1S/C15H13N3/c1-10-7-15(16)18-9-13(10)12-5-4-11-3-2-6-17-14(11)8-12/h2-9H,1H3,(H2,16,18). The molecule has 0 aliphatic carbocycles. The predicted octanol–water partition coefficient (Wildman–Crippen LogP) is 3.19. The zero-order chi connectivity index (χ0) is 12.5. The van der Waals surface area contributed by atoms with E-state index in [9.17, 15) is 0 Å². The van der Waals surface area contributed by atoms with E-state index in [2.05, 4.69) is 34.2 Å². The molecule has 0 bridgehead atoms. The molecule has 0 unspecified atom stereocenters. The summed E-state index contributed by atoms with van der Waals surface area (Å²) in [5.74, 6) is 0.551. The van der Waals surface area contributed by atoms with E-state index in [0.717, 1.165) is 27.6 Å². The first-order valence-corrected chi connectivity index (χ1v) is 5.81. The van der Waals surface area contributed by atoms with Crippen molar-refractivity contribution in [3.8, 4) is 11.1 Å². The lowest BCUT2D eigenvalue weighted by Gasteiger charge is -2.07. The Morgan fingerprint density at radius 3 is 2.78 bits per heavy atom. The highest BCUT2D eigenvalue weighted by Crippen LogP contribution is 2.26. The molecule has 3 rings (SSSR count). The van der Waals surface area contributed by atoms with Crippen molar-refractivity contribution in [3.63, 3.8) is 0 Å². The van der Waals surface area contributed by atoms with Crippen molar-refractivity contribution in [2.45, 2.75) is 6.92 Å². The van der Waals surface area contributed by atoms with Crippen molar-refractivity contribution in [1.29, 1.82) is 0 Å². The molecule has 0 spiro atoms. The average molecular weight is 235 g/mol. The fourth-order valence-corrected chi connectivity index (χ4v) is 2.11. The number of hydrogen-bond acceptors (Lipinski definition) is 3. The number of benzene rings is 1. The summed E-state index contributed by atoms with van der Waals surface area (Å²) in [5, 5.41) is 1.14. The smallest absolute Gasteiger partial charge is 0.123 e. The number of fused-ring (bicyclic) bond motifs is 1. The molecule has 0 fully saturated rings. The normalized spacial score (nSPS) is 10.7. The second-order valence-corrected chi connectivity index (χ2v) is 4.33. The van der Waals surface area contributed by atoms with E-state index >= 15 is 0 Å². The first-order valence-electron chi connectivity index (χ1n) is 5.81. The van der Waals surface area contributed by atoms with Gasteiger partial charge in [-0.05, 0) is 36.2 Å². The van der Waals surface area contributed by atoms with Gasteiger partial charge in [-0.1, -0.05) is 18.2 Å². The third kappa shape index (κ3) is 1.80. The summed E-state index contributed by atoms with van der Waals surface area (Å²) in [4.78, 5) is 8.52. The molecule has 2 N–H and O–H groups in total. The molecule has 3 heteroatoms. The summed E-state index contributed by atoms with van der Waals surface area (Å²) in [7, 11) is 0. The third-order valence-electron chi connectivity index (χ3n) is 3.05. The first-order chi connectivity index (χ1) is 8.74. The number of nitrogens with zero attached hydrogens (tertiary/aromatic N) is 2. The van der Waals surface area contributed by atoms with E-state index < -0.39 is 0 Å². The third-order valence-corrected chi connectivity index (χ3v) is 3.05. The van der Waals surface area contributed by atoms with Gasteiger partial charge in [-0.15, -0.1) is 0 Å². The molecule has 0 saturated carbocycles. The number of pyridine rings is 2. The summed E-state index contributed by atoms with van der Waals surface area (Å²) in [6.07, 6.45) is 3.62. The van der Waals surface area contributed by atoms with Crippen LogP contribution in [0.1, 0.15) is 5.56 Å². The minimum absolute atomic E-state index is 0.551. The zero-order valence-corrected chi connectivity index (χ0v) is 10.1. The maximum atomic E-state index is 5.67. The van der Waals surface area contributed by atoms with E-state index in [1.54, 1.807) is 6.20 Å². The molecule has 2 heterocycles. The van der Waals surface area contributed by atoms with E-state index in [4.69, 9.17) is 5.73 Å². The van der Waals surface area contributed by atoms with Crippen molar-refractivity contribution in [3.05, 3.63) is 54.4 Å². The van der Waals surface area contributed by atoms with E-state index in [-0.39, 0.29) is 0 Å². The summed E-state index contributed by atoms with van der Waals surface area (Å²) in [6.45, 7) is 2.04. The molecule has 0 aliphatic heterocycles. The van der Waals surface area contributed by atoms with Gasteiger partial charge >= 0.3 is 0 Å². The monoisotopic (exact) mass is 235 g/mol. The minimum atomic E-state index is 0.551. The topological polar surface area (TPSA) is 51.8 Å². The Bertz CT molecular complexity index is 720. The molecule has 0 saturated heterocycles. The Morgan fingerprint density at radius 1 is 1.06 bits per heavy atom. The van der Waals surface area contributed by atoms with Gasteiger partial charge in [-0.2, -0.15) is 0 Å². The lowest BCUT2D eigenvalue weighted by molar-refractivity contribution is 1.29. The molecular weight excluding hydrogens is 222 g/mol. The largest absolute Gasteiger partial charge is 0.384 e. The number of aromatic nitrogens is 2. The predicted molar refractivity (Wildman–Crippen MR) is 74.1 cm³/mol. The average Bonchev–Trinajstić information content (AvgIpc) is 2.38. The molecule has 3 nitrogen and oxygen atoms in total. The summed E-state index contributed by atoms with van der Waals surface area (Å²) in [6, 6.07) is 12.1. The SMILES string of the molecule is Cc1cc(N)ncc1-c1ccc2cccnc2c1. The minimum Gasteiger partial charge on any atom is -0.384 e. The number of anilines is 1.